The van der Waals surface area contributed by atoms with Crippen molar-refractivity contribution in [1.29, 1.82) is 0 Å². The Morgan fingerprint density at radius 1 is 1.06 bits per heavy atom. The fraction of sp³-hybridized carbons (Fsp3) is 0.286. The third-order valence-corrected chi connectivity index (χ3v) is 4.36. The normalized spacial score (nSPS) is 12.4. The van der Waals surface area contributed by atoms with Gasteiger partial charge in [-0.15, -0.1) is 0 Å². The molecule has 0 aliphatic rings. The van der Waals surface area contributed by atoms with E-state index >= 15 is 0 Å². The molecule has 0 aromatic heterocycles. The number of hydrogen-bond donors (Lipinski definition) is 2. The monoisotopic (exact) mass is 431 g/mol. The van der Waals surface area contributed by atoms with Gasteiger partial charge in [0.25, 0.3) is 17.5 Å². The Labute approximate surface area is 177 Å². The molecule has 2 aromatic carbocycles. The van der Waals surface area contributed by atoms with Crippen molar-refractivity contribution >= 4 is 23.5 Å². The molecule has 0 aliphatic heterocycles. The van der Waals surface area contributed by atoms with E-state index in [9.17, 15) is 28.9 Å². The number of carbonyl (C=O) groups excluding carboxylic acids is 3. The Kier molecular flexibility index (Phi) is 8.18. The molecule has 0 heterocycles. The molecule has 0 bridgehead atoms. The third-order valence-electron chi connectivity index (χ3n) is 4.36. The summed E-state index contributed by atoms with van der Waals surface area (Å²) >= 11 is 0. The van der Waals surface area contributed by atoms with Crippen LogP contribution in [-0.4, -0.2) is 35.4 Å². The van der Waals surface area contributed by atoms with Gasteiger partial charge in [-0.2, -0.15) is 0 Å². The van der Waals surface area contributed by atoms with E-state index in [1.807, 2.05) is 0 Å². The standard InChI is InChI=1S/C21H22FN3O6/c1-13(15-3-7-17(22)8-4-15)24-20(27)14(2)31-19(26)11-12-23-21(28)16-5-9-18(10-6-16)25(29)30/h3-10,13-14H,11-12H2,1-2H3,(H,23,28)(H,24,27)/t13-,14+/m0/s1. The van der Waals surface area contributed by atoms with Crippen LogP contribution in [0.25, 0.3) is 0 Å². The van der Waals surface area contributed by atoms with Crippen LogP contribution in [0.2, 0.25) is 0 Å². The minimum atomic E-state index is -1.05. The average Bonchev–Trinajstić information content (AvgIpc) is 2.74. The van der Waals surface area contributed by atoms with Crippen molar-refractivity contribution in [1.82, 2.24) is 10.6 Å². The summed E-state index contributed by atoms with van der Waals surface area (Å²) in [5.41, 5.74) is 0.768. The van der Waals surface area contributed by atoms with Crippen LogP contribution in [0.5, 0.6) is 0 Å². The predicted molar refractivity (Wildman–Crippen MR) is 109 cm³/mol. The molecule has 2 amide bonds. The van der Waals surface area contributed by atoms with E-state index in [1.165, 1.54) is 43.3 Å². The minimum absolute atomic E-state index is 0.0328. The van der Waals surface area contributed by atoms with Crippen molar-refractivity contribution < 1.29 is 28.4 Å². The van der Waals surface area contributed by atoms with Gasteiger partial charge in [0.05, 0.1) is 17.4 Å². The molecule has 2 aromatic rings. The molecular formula is C21H22FN3O6. The van der Waals surface area contributed by atoms with Gasteiger partial charge in [-0.25, -0.2) is 4.39 Å². The molecule has 10 heteroatoms. The third kappa shape index (κ3) is 7.18. The first-order chi connectivity index (χ1) is 14.7. The molecule has 0 saturated carbocycles. The zero-order valence-corrected chi connectivity index (χ0v) is 17.0. The number of ether oxygens (including phenoxy) is 1. The van der Waals surface area contributed by atoms with Gasteiger partial charge in [0.1, 0.15) is 5.82 Å². The average molecular weight is 431 g/mol. The van der Waals surface area contributed by atoms with E-state index in [-0.39, 0.29) is 30.0 Å². The van der Waals surface area contributed by atoms with Crippen LogP contribution in [0.3, 0.4) is 0 Å². The lowest BCUT2D eigenvalue weighted by Gasteiger charge is -2.18. The van der Waals surface area contributed by atoms with Gasteiger partial charge in [0, 0.05) is 24.2 Å². The Hall–Kier alpha value is -3.82. The predicted octanol–water partition coefficient (Wildman–Crippen LogP) is 2.66. The van der Waals surface area contributed by atoms with Crippen molar-refractivity contribution in [2.24, 2.45) is 0 Å². The van der Waals surface area contributed by atoms with Crippen LogP contribution >= 0.6 is 0 Å². The van der Waals surface area contributed by atoms with Crippen LogP contribution in [0, 0.1) is 15.9 Å². The van der Waals surface area contributed by atoms with Crippen molar-refractivity contribution in [3.63, 3.8) is 0 Å². The number of non-ortho nitro benzene ring substituents is 1. The molecule has 0 saturated heterocycles. The summed E-state index contributed by atoms with van der Waals surface area (Å²) in [6.07, 6.45) is -1.22. The summed E-state index contributed by atoms with van der Waals surface area (Å²) in [7, 11) is 0. The van der Waals surface area contributed by atoms with Gasteiger partial charge in [-0.3, -0.25) is 24.5 Å². The van der Waals surface area contributed by atoms with E-state index in [0.29, 0.717) is 5.56 Å². The molecule has 31 heavy (non-hydrogen) atoms. The minimum Gasteiger partial charge on any atom is -0.452 e. The van der Waals surface area contributed by atoms with E-state index < -0.39 is 34.9 Å². The quantitative estimate of drug-likeness (QED) is 0.357. The zero-order valence-electron chi connectivity index (χ0n) is 17.0. The van der Waals surface area contributed by atoms with Gasteiger partial charge in [0.2, 0.25) is 0 Å². The summed E-state index contributed by atoms with van der Waals surface area (Å²) in [5.74, 6) is -2.08. The largest absolute Gasteiger partial charge is 0.452 e. The maximum absolute atomic E-state index is 13.0. The van der Waals surface area contributed by atoms with Crippen LogP contribution in [0.15, 0.2) is 48.5 Å². The first-order valence-corrected chi connectivity index (χ1v) is 9.45. The lowest BCUT2D eigenvalue weighted by atomic mass is 10.1. The lowest BCUT2D eigenvalue weighted by Crippen LogP contribution is -2.37. The second-order valence-electron chi connectivity index (χ2n) is 6.72. The molecule has 0 aliphatic carbocycles. The number of rotatable bonds is 9. The molecule has 0 spiro atoms. The van der Waals surface area contributed by atoms with Crippen molar-refractivity contribution in [2.45, 2.75) is 32.4 Å². The summed E-state index contributed by atoms with van der Waals surface area (Å²) < 4.78 is 18.0. The van der Waals surface area contributed by atoms with Crippen LogP contribution < -0.4 is 10.6 Å². The number of nitro groups is 1. The Morgan fingerprint density at radius 3 is 2.26 bits per heavy atom. The van der Waals surface area contributed by atoms with Crippen LogP contribution in [-0.2, 0) is 14.3 Å². The number of carbonyl (C=O) groups is 3. The number of nitrogens with zero attached hydrogens (tertiary/aromatic N) is 1. The van der Waals surface area contributed by atoms with Crippen LogP contribution in [0.4, 0.5) is 10.1 Å². The number of esters is 1. The highest BCUT2D eigenvalue weighted by Gasteiger charge is 2.20. The summed E-state index contributed by atoms with van der Waals surface area (Å²) in [4.78, 5) is 46.2. The highest BCUT2D eigenvalue weighted by molar-refractivity contribution is 5.94. The highest BCUT2D eigenvalue weighted by atomic mass is 19.1. The number of nitrogens with one attached hydrogen (secondary N) is 2. The van der Waals surface area contributed by atoms with Gasteiger partial charge in [-0.1, -0.05) is 12.1 Å². The lowest BCUT2D eigenvalue weighted by molar-refractivity contribution is -0.384. The number of benzene rings is 2. The van der Waals surface area contributed by atoms with Gasteiger partial charge in [0.15, 0.2) is 6.10 Å². The van der Waals surface area contributed by atoms with E-state index in [1.54, 1.807) is 19.1 Å². The van der Waals surface area contributed by atoms with Crippen molar-refractivity contribution in [3.05, 3.63) is 75.6 Å². The fourth-order valence-electron chi connectivity index (χ4n) is 2.59. The van der Waals surface area contributed by atoms with E-state index in [0.717, 1.165) is 0 Å². The second-order valence-corrected chi connectivity index (χ2v) is 6.72. The molecule has 0 radical (unpaired) electrons. The van der Waals surface area contributed by atoms with Gasteiger partial charge >= 0.3 is 5.97 Å². The molecule has 0 unspecified atom stereocenters. The maximum Gasteiger partial charge on any atom is 0.308 e. The van der Waals surface area contributed by atoms with Crippen LogP contribution in [0.1, 0.15) is 42.2 Å². The maximum atomic E-state index is 13.0. The molecule has 9 nitrogen and oxygen atoms in total. The molecule has 164 valence electrons. The van der Waals surface area contributed by atoms with Crippen molar-refractivity contribution in [3.8, 4) is 0 Å². The number of nitro benzene ring substituents is 1. The zero-order chi connectivity index (χ0) is 23.0. The first-order valence-electron chi connectivity index (χ1n) is 9.45. The molecule has 0 fully saturated rings. The number of halogens is 1. The molecule has 2 atom stereocenters. The number of amides is 2. The number of hydrogen-bond acceptors (Lipinski definition) is 6. The van der Waals surface area contributed by atoms with Gasteiger partial charge in [-0.05, 0) is 43.7 Å². The smallest absolute Gasteiger partial charge is 0.308 e. The summed E-state index contributed by atoms with van der Waals surface area (Å²) in [6, 6.07) is 10.3. The summed E-state index contributed by atoms with van der Waals surface area (Å²) in [5, 5.41) is 15.8. The fourth-order valence-corrected chi connectivity index (χ4v) is 2.59. The SMILES string of the molecule is C[C@H](NC(=O)[C@@H](C)OC(=O)CCNC(=O)c1ccc([N+](=O)[O-])cc1)c1ccc(F)cc1. The summed E-state index contributed by atoms with van der Waals surface area (Å²) in [6.45, 7) is 3.10. The van der Waals surface area contributed by atoms with Crippen molar-refractivity contribution in [2.75, 3.05) is 6.54 Å². The second kappa shape index (κ2) is 10.8. The Bertz CT molecular complexity index is 947. The van der Waals surface area contributed by atoms with Gasteiger partial charge < -0.3 is 15.4 Å². The Balaban J connectivity index is 1.74. The van der Waals surface area contributed by atoms with E-state index in [2.05, 4.69) is 10.6 Å². The van der Waals surface area contributed by atoms with E-state index in [4.69, 9.17) is 4.74 Å². The topological polar surface area (TPSA) is 128 Å². The Morgan fingerprint density at radius 2 is 1.68 bits per heavy atom. The first kappa shape index (κ1) is 23.5. The highest BCUT2D eigenvalue weighted by Crippen LogP contribution is 2.14. The molecule has 2 rings (SSSR count). The molecule has 2 N–H and O–H groups in total. The molecular weight excluding hydrogens is 409 g/mol.